The zero-order chi connectivity index (χ0) is 17.9. The lowest BCUT2D eigenvalue weighted by atomic mass is 9.98. The first-order valence-corrected chi connectivity index (χ1v) is 8.81. The fraction of sp³-hybridized carbons (Fsp3) is 0.350. The summed E-state index contributed by atoms with van der Waals surface area (Å²) in [5.41, 5.74) is 1.72. The molecule has 2 aromatic rings. The molecule has 2 aliphatic rings. The van der Waals surface area contributed by atoms with Gasteiger partial charge in [0.25, 0.3) is 0 Å². The van der Waals surface area contributed by atoms with Crippen molar-refractivity contribution in [1.29, 1.82) is 0 Å². The molecule has 1 aromatic carbocycles. The molecule has 0 N–H and O–H groups in total. The molecule has 2 aliphatic heterocycles. The van der Waals surface area contributed by atoms with Gasteiger partial charge in [-0.15, -0.1) is 0 Å². The second kappa shape index (κ2) is 7.15. The molecule has 0 bridgehead atoms. The highest BCUT2D eigenvalue weighted by molar-refractivity contribution is 5.97. The van der Waals surface area contributed by atoms with Gasteiger partial charge in [0.1, 0.15) is 0 Å². The van der Waals surface area contributed by atoms with Gasteiger partial charge in [0.15, 0.2) is 17.3 Å². The Hall–Kier alpha value is -2.89. The number of aromatic nitrogens is 1. The summed E-state index contributed by atoms with van der Waals surface area (Å²) >= 11 is 0. The number of ketones is 1. The highest BCUT2D eigenvalue weighted by Gasteiger charge is 2.28. The molecule has 1 atom stereocenters. The van der Waals surface area contributed by atoms with E-state index in [1.165, 1.54) is 0 Å². The third-order valence-electron chi connectivity index (χ3n) is 4.96. The molecule has 3 heterocycles. The van der Waals surface area contributed by atoms with Crippen molar-refractivity contribution in [2.75, 3.05) is 19.9 Å². The fourth-order valence-corrected chi connectivity index (χ4v) is 3.48. The molecule has 0 spiro atoms. The van der Waals surface area contributed by atoms with Crippen molar-refractivity contribution in [3.05, 3.63) is 53.9 Å². The van der Waals surface area contributed by atoms with Crippen molar-refractivity contribution in [2.45, 2.75) is 25.2 Å². The molecule has 0 saturated carbocycles. The molecule has 1 aromatic heterocycles. The smallest absolute Gasteiger partial charge is 0.231 e. The molecular weight excluding hydrogens is 332 g/mol. The van der Waals surface area contributed by atoms with Crippen LogP contribution in [0.5, 0.6) is 11.5 Å². The van der Waals surface area contributed by atoms with E-state index in [-0.39, 0.29) is 31.3 Å². The quantitative estimate of drug-likeness (QED) is 0.774. The van der Waals surface area contributed by atoms with E-state index in [0.717, 1.165) is 30.0 Å². The van der Waals surface area contributed by atoms with Crippen LogP contribution in [0.25, 0.3) is 0 Å². The largest absolute Gasteiger partial charge is 0.454 e. The number of hydrogen-bond acceptors (Lipinski definition) is 5. The van der Waals surface area contributed by atoms with Crippen molar-refractivity contribution in [3.8, 4) is 11.5 Å². The Morgan fingerprint density at radius 2 is 2.04 bits per heavy atom. The summed E-state index contributed by atoms with van der Waals surface area (Å²) in [5.74, 6) is 1.83. The highest BCUT2D eigenvalue weighted by atomic mass is 16.7. The average Bonchev–Trinajstić information content (AvgIpc) is 3.35. The van der Waals surface area contributed by atoms with Crippen LogP contribution < -0.4 is 9.47 Å². The van der Waals surface area contributed by atoms with Crippen LogP contribution in [0.3, 0.4) is 0 Å². The molecule has 26 heavy (non-hydrogen) atoms. The third-order valence-corrected chi connectivity index (χ3v) is 4.96. The van der Waals surface area contributed by atoms with Crippen molar-refractivity contribution >= 4 is 11.7 Å². The first kappa shape index (κ1) is 16.6. The minimum Gasteiger partial charge on any atom is -0.454 e. The number of fused-ring (bicyclic) bond motifs is 1. The van der Waals surface area contributed by atoms with E-state index in [1.54, 1.807) is 24.5 Å². The van der Waals surface area contributed by atoms with Gasteiger partial charge >= 0.3 is 0 Å². The summed E-state index contributed by atoms with van der Waals surface area (Å²) in [7, 11) is 0. The van der Waals surface area contributed by atoms with Gasteiger partial charge in [-0.05, 0) is 36.2 Å². The molecule has 134 valence electrons. The molecule has 1 saturated heterocycles. The molecule has 4 rings (SSSR count). The monoisotopic (exact) mass is 352 g/mol. The zero-order valence-corrected chi connectivity index (χ0v) is 14.4. The van der Waals surface area contributed by atoms with Gasteiger partial charge in [-0.25, -0.2) is 0 Å². The van der Waals surface area contributed by atoms with Gasteiger partial charge in [0.05, 0.1) is 0 Å². The van der Waals surface area contributed by atoms with Crippen molar-refractivity contribution in [2.24, 2.45) is 0 Å². The number of Topliss-reactive ketones (excluding diaryl/α,β-unsaturated/α-hetero) is 1. The lowest BCUT2D eigenvalue weighted by molar-refractivity contribution is -0.130. The summed E-state index contributed by atoms with van der Waals surface area (Å²) < 4.78 is 10.8. The van der Waals surface area contributed by atoms with Crippen LogP contribution in [0.4, 0.5) is 0 Å². The number of pyridine rings is 1. The minimum absolute atomic E-state index is 0.0329. The van der Waals surface area contributed by atoms with Gasteiger partial charge in [0.2, 0.25) is 12.7 Å². The van der Waals surface area contributed by atoms with Gasteiger partial charge in [-0.2, -0.15) is 0 Å². The van der Waals surface area contributed by atoms with Gasteiger partial charge < -0.3 is 14.4 Å². The molecule has 0 aliphatic carbocycles. The number of benzene rings is 1. The summed E-state index contributed by atoms with van der Waals surface area (Å²) in [6, 6.07) is 9.43. The maximum absolute atomic E-state index is 12.5. The second-order valence-corrected chi connectivity index (χ2v) is 6.60. The van der Waals surface area contributed by atoms with Gasteiger partial charge in [-0.1, -0.05) is 6.07 Å². The normalized spacial score (nSPS) is 18.2. The predicted molar refractivity (Wildman–Crippen MR) is 94.3 cm³/mol. The standard InChI is InChI=1S/C20H20N2O4/c23-17(15-2-1-8-21-11-15)4-6-20(24)22-9-7-16(12-22)14-3-5-18-19(10-14)26-13-25-18/h1-3,5,8,10-11,16H,4,6-7,9,12-13H2. The minimum atomic E-state index is -0.0435. The summed E-state index contributed by atoms with van der Waals surface area (Å²) in [6.07, 6.45) is 4.54. The number of hydrogen-bond donors (Lipinski definition) is 0. The SMILES string of the molecule is O=C(CCC(=O)N1CCC(c2ccc3c(c2)OCO3)C1)c1cccnc1. The summed E-state index contributed by atoms with van der Waals surface area (Å²) in [5, 5.41) is 0. The Morgan fingerprint density at radius 3 is 2.88 bits per heavy atom. The van der Waals surface area contributed by atoms with Crippen LogP contribution >= 0.6 is 0 Å². The number of likely N-dealkylation sites (tertiary alicyclic amines) is 1. The first-order valence-electron chi connectivity index (χ1n) is 8.81. The first-order chi connectivity index (χ1) is 12.7. The number of nitrogens with zero attached hydrogens (tertiary/aromatic N) is 2. The molecule has 6 nitrogen and oxygen atoms in total. The molecule has 1 unspecified atom stereocenters. The lowest BCUT2D eigenvalue weighted by Crippen LogP contribution is -2.28. The van der Waals surface area contributed by atoms with Crippen molar-refractivity contribution in [3.63, 3.8) is 0 Å². The van der Waals surface area contributed by atoms with Crippen LogP contribution in [-0.2, 0) is 4.79 Å². The molecule has 1 fully saturated rings. The summed E-state index contributed by atoms with van der Waals surface area (Å²) in [4.78, 5) is 30.4. The zero-order valence-electron chi connectivity index (χ0n) is 14.4. The number of ether oxygens (including phenoxy) is 2. The molecule has 6 heteroatoms. The van der Waals surface area contributed by atoms with Crippen LogP contribution in [0, 0.1) is 0 Å². The maximum Gasteiger partial charge on any atom is 0.231 e. The molecule has 1 amide bonds. The average molecular weight is 352 g/mol. The van der Waals surface area contributed by atoms with Crippen molar-refractivity contribution in [1.82, 2.24) is 9.88 Å². The highest BCUT2D eigenvalue weighted by Crippen LogP contribution is 2.37. The van der Waals surface area contributed by atoms with E-state index >= 15 is 0 Å². The van der Waals surface area contributed by atoms with E-state index < -0.39 is 0 Å². The Balaban J connectivity index is 1.32. The van der Waals surface area contributed by atoms with Gasteiger partial charge in [-0.3, -0.25) is 14.6 Å². The van der Waals surface area contributed by atoms with E-state index in [0.29, 0.717) is 18.0 Å². The maximum atomic E-state index is 12.5. The van der Waals surface area contributed by atoms with Crippen LogP contribution in [0.15, 0.2) is 42.7 Å². The van der Waals surface area contributed by atoms with Crippen molar-refractivity contribution < 1.29 is 19.1 Å². The van der Waals surface area contributed by atoms with Crippen LogP contribution in [-0.4, -0.2) is 41.5 Å². The van der Waals surface area contributed by atoms with E-state index in [4.69, 9.17) is 9.47 Å². The number of rotatable bonds is 5. The second-order valence-electron chi connectivity index (χ2n) is 6.60. The fourth-order valence-electron chi connectivity index (χ4n) is 3.48. The number of carbonyl (C=O) groups excluding carboxylic acids is 2. The Morgan fingerprint density at radius 1 is 1.15 bits per heavy atom. The van der Waals surface area contributed by atoms with E-state index in [2.05, 4.69) is 4.98 Å². The van der Waals surface area contributed by atoms with Crippen LogP contribution in [0.1, 0.15) is 41.1 Å². The van der Waals surface area contributed by atoms with E-state index in [1.807, 2.05) is 23.1 Å². The summed E-state index contributed by atoms with van der Waals surface area (Å²) in [6.45, 7) is 1.66. The third kappa shape index (κ3) is 3.40. The Labute approximate surface area is 151 Å². The Bertz CT molecular complexity index is 822. The Kier molecular flexibility index (Phi) is 4.56. The molecular formula is C20H20N2O4. The van der Waals surface area contributed by atoms with E-state index in [9.17, 15) is 9.59 Å². The topological polar surface area (TPSA) is 68.7 Å². The lowest BCUT2D eigenvalue weighted by Gasteiger charge is -2.16. The van der Waals surface area contributed by atoms with Gasteiger partial charge in [0, 0.05) is 49.8 Å². The molecule has 0 radical (unpaired) electrons. The van der Waals surface area contributed by atoms with Crippen LogP contribution in [0.2, 0.25) is 0 Å². The number of carbonyl (C=O) groups is 2. The number of amides is 1. The predicted octanol–water partition coefficient (Wildman–Crippen LogP) is 2.79.